The maximum Gasteiger partial charge on any atom is 0.419 e. The first kappa shape index (κ1) is 20.5. The molecule has 0 bridgehead atoms. The van der Waals surface area contributed by atoms with E-state index in [0.29, 0.717) is 5.52 Å². The number of aromatic nitrogens is 1. The number of hydrogen-bond donors (Lipinski definition) is 0. The van der Waals surface area contributed by atoms with E-state index in [4.69, 9.17) is 4.42 Å². The van der Waals surface area contributed by atoms with Crippen molar-refractivity contribution in [2.75, 3.05) is 4.31 Å². The third-order valence-corrected chi connectivity index (χ3v) is 7.33. The molecule has 1 heterocycles. The van der Waals surface area contributed by atoms with Gasteiger partial charge in [0.2, 0.25) is 0 Å². The van der Waals surface area contributed by atoms with Gasteiger partial charge in [-0.1, -0.05) is 6.07 Å². The molecule has 1 unspecified atom stereocenters. The summed E-state index contributed by atoms with van der Waals surface area (Å²) in [6, 6.07) is 7.76. The number of nitrogens with zero attached hydrogens (tertiary/aromatic N) is 2. The summed E-state index contributed by atoms with van der Waals surface area (Å²) in [6.07, 6.45) is -2.99. The number of halogens is 3. The fraction of sp³-hybridized carbons (Fsp3) is 0.350. The van der Waals surface area contributed by atoms with Gasteiger partial charge in [-0.25, -0.2) is 13.2 Å². The van der Waals surface area contributed by atoms with Crippen molar-refractivity contribution in [3.63, 3.8) is 0 Å². The Labute approximate surface area is 170 Å². The fourth-order valence-corrected chi connectivity index (χ4v) is 5.29. The molecule has 30 heavy (non-hydrogen) atoms. The number of fused-ring (bicyclic) bond motifs is 1. The Morgan fingerprint density at radius 2 is 1.87 bits per heavy atom. The first-order chi connectivity index (χ1) is 14.0. The van der Waals surface area contributed by atoms with Gasteiger partial charge in [0.25, 0.3) is 10.0 Å². The van der Waals surface area contributed by atoms with Crippen molar-refractivity contribution in [1.29, 1.82) is 0 Å². The molecule has 0 spiro atoms. The molecule has 0 radical (unpaired) electrons. The number of aryl methyl sites for hydroxylation is 1. The molecule has 1 saturated carbocycles. The SMILES string of the molecule is CC(C1CC1)N(c1cccc(C(F)(F)F)c1)S(=O)(=O)c1ccc2c(c1)oc(=O)n2C. The monoisotopic (exact) mass is 440 g/mol. The predicted octanol–water partition coefficient (Wildman–Crippen LogP) is 4.14. The van der Waals surface area contributed by atoms with Gasteiger partial charge in [-0.3, -0.25) is 8.87 Å². The molecule has 6 nitrogen and oxygen atoms in total. The Kier molecular flexibility index (Phi) is 4.72. The number of benzene rings is 2. The molecule has 1 aromatic heterocycles. The van der Waals surface area contributed by atoms with E-state index in [0.717, 1.165) is 29.3 Å². The van der Waals surface area contributed by atoms with Crippen LogP contribution in [0.5, 0.6) is 0 Å². The zero-order valence-corrected chi connectivity index (χ0v) is 17.0. The Morgan fingerprint density at radius 3 is 2.50 bits per heavy atom. The molecule has 1 atom stereocenters. The predicted molar refractivity (Wildman–Crippen MR) is 105 cm³/mol. The second-order valence-corrected chi connectivity index (χ2v) is 9.30. The summed E-state index contributed by atoms with van der Waals surface area (Å²) in [5, 5.41) is 0. The van der Waals surface area contributed by atoms with E-state index >= 15 is 0 Å². The summed E-state index contributed by atoms with van der Waals surface area (Å²) in [4.78, 5) is 11.6. The van der Waals surface area contributed by atoms with Crippen LogP contribution in [0.3, 0.4) is 0 Å². The third-order valence-electron chi connectivity index (χ3n) is 5.42. The van der Waals surface area contributed by atoms with Crippen LogP contribution in [0, 0.1) is 5.92 Å². The highest BCUT2D eigenvalue weighted by Gasteiger charge is 2.40. The summed E-state index contributed by atoms with van der Waals surface area (Å²) in [7, 11) is -2.73. The quantitative estimate of drug-likeness (QED) is 0.598. The second kappa shape index (κ2) is 6.90. The Morgan fingerprint density at radius 1 is 1.17 bits per heavy atom. The van der Waals surface area contributed by atoms with Gasteiger partial charge in [-0.15, -0.1) is 0 Å². The molecule has 4 rings (SSSR count). The van der Waals surface area contributed by atoms with Crippen LogP contribution in [0.4, 0.5) is 18.9 Å². The lowest BCUT2D eigenvalue weighted by molar-refractivity contribution is -0.137. The van der Waals surface area contributed by atoms with Crippen molar-refractivity contribution in [2.24, 2.45) is 13.0 Å². The van der Waals surface area contributed by atoms with Crippen LogP contribution < -0.4 is 10.1 Å². The van der Waals surface area contributed by atoms with E-state index in [-0.39, 0.29) is 22.1 Å². The molecule has 1 aliphatic rings. The minimum atomic E-state index is -4.60. The van der Waals surface area contributed by atoms with Gasteiger partial charge in [0.15, 0.2) is 5.58 Å². The van der Waals surface area contributed by atoms with Gasteiger partial charge in [0.05, 0.1) is 21.7 Å². The number of anilines is 1. The topological polar surface area (TPSA) is 72.5 Å². The van der Waals surface area contributed by atoms with E-state index in [1.54, 1.807) is 6.92 Å². The van der Waals surface area contributed by atoms with Gasteiger partial charge in [0.1, 0.15) is 0 Å². The normalized spacial score (nSPS) is 16.0. The molecule has 0 N–H and O–H groups in total. The zero-order valence-electron chi connectivity index (χ0n) is 16.2. The molecule has 1 aliphatic carbocycles. The minimum absolute atomic E-state index is 0.0566. The summed E-state index contributed by atoms with van der Waals surface area (Å²) in [5.74, 6) is -0.576. The lowest BCUT2D eigenvalue weighted by Gasteiger charge is -2.31. The molecule has 3 aromatic rings. The highest BCUT2D eigenvalue weighted by molar-refractivity contribution is 7.92. The maximum atomic E-state index is 13.5. The van der Waals surface area contributed by atoms with Crippen LogP contribution in [0.25, 0.3) is 11.1 Å². The minimum Gasteiger partial charge on any atom is -0.408 e. The summed E-state index contributed by atoms with van der Waals surface area (Å²) in [5.41, 5.74) is -0.474. The van der Waals surface area contributed by atoms with E-state index in [9.17, 15) is 26.4 Å². The zero-order chi connectivity index (χ0) is 21.8. The van der Waals surface area contributed by atoms with Crippen LogP contribution in [0.2, 0.25) is 0 Å². The van der Waals surface area contributed by atoms with Crippen molar-refractivity contribution in [2.45, 2.75) is 36.9 Å². The van der Waals surface area contributed by atoms with Crippen molar-refractivity contribution in [3.05, 3.63) is 58.6 Å². The highest BCUT2D eigenvalue weighted by Crippen LogP contribution is 2.41. The highest BCUT2D eigenvalue weighted by atomic mass is 32.2. The van der Waals surface area contributed by atoms with Crippen molar-refractivity contribution < 1.29 is 26.0 Å². The van der Waals surface area contributed by atoms with Crippen LogP contribution >= 0.6 is 0 Å². The van der Waals surface area contributed by atoms with E-state index in [1.807, 2.05) is 0 Å². The Bertz CT molecular complexity index is 1270. The summed E-state index contributed by atoms with van der Waals surface area (Å²) in [6.45, 7) is 1.69. The van der Waals surface area contributed by atoms with Gasteiger partial charge < -0.3 is 4.42 Å². The van der Waals surface area contributed by atoms with Crippen LogP contribution in [-0.4, -0.2) is 19.0 Å². The number of oxazole rings is 1. The van der Waals surface area contributed by atoms with Gasteiger partial charge in [-0.05, 0) is 56.0 Å². The lowest BCUT2D eigenvalue weighted by atomic mass is 10.1. The Hall–Kier alpha value is -2.75. The lowest BCUT2D eigenvalue weighted by Crippen LogP contribution is -2.40. The maximum absolute atomic E-state index is 13.5. The summed E-state index contributed by atoms with van der Waals surface area (Å²) >= 11 is 0. The van der Waals surface area contributed by atoms with Crippen molar-refractivity contribution in [1.82, 2.24) is 4.57 Å². The average molecular weight is 440 g/mol. The molecule has 2 aromatic carbocycles. The average Bonchev–Trinajstić information content (AvgIpc) is 3.48. The molecular weight excluding hydrogens is 421 g/mol. The van der Waals surface area contributed by atoms with Gasteiger partial charge >= 0.3 is 11.9 Å². The Balaban J connectivity index is 1.86. The van der Waals surface area contributed by atoms with E-state index in [2.05, 4.69) is 0 Å². The van der Waals surface area contributed by atoms with Crippen LogP contribution in [0.15, 0.2) is 56.6 Å². The first-order valence-corrected chi connectivity index (χ1v) is 10.8. The number of rotatable bonds is 5. The molecule has 0 aliphatic heterocycles. The molecule has 1 fully saturated rings. The van der Waals surface area contributed by atoms with E-state index < -0.39 is 33.6 Å². The third kappa shape index (κ3) is 3.49. The van der Waals surface area contributed by atoms with Gasteiger partial charge in [-0.2, -0.15) is 13.2 Å². The molecule has 10 heteroatoms. The number of sulfonamides is 1. The fourth-order valence-electron chi connectivity index (χ4n) is 3.57. The smallest absolute Gasteiger partial charge is 0.408 e. The summed E-state index contributed by atoms with van der Waals surface area (Å²) < 4.78 is 74.1. The van der Waals surface area contributed by atoms with Gasteiger partial charge in [0, 0.05) is 19.2 Å². The van der Waals surface area contributed by atoms with Crippen molar-refractivity contribution in [3.8, 4) is 0 Å². The molecule has 0 saturated heterocycles. The molecule has 0 amide bonds. The van der Waals surface area contributed by atoms with Crippen LogP contribution in [0.1, 0.15) is 25.3 Å². The standard InChI is InChI=1S/C20H19F3N2O4S/c1-12(13-6-7-13)25(15-5-3-4-14(10-15)20(21,22)23)30(27,28)16-8-9-17-18(11-16)29-19(26)24(17)2/h3-5,8-13H,6-7H2,1-2H3. The van der Waals surface area contributed by atoms with Crippen molar-refractivity contribution >= 4 is 26.8 Å². The number of alkyl halides is 3. The largest absolute Gasteiger partial charge is 0.419 e. The number of hydrogen-bond acceptors (Lipinski definition) is 4. The molecule has 160 valence electrons. The second-order valence-electron chi connectivity index (χ2n) is 7.48. The molecular formula is C20H19F3N2O4S. The van der Waals surface area contributed by atoms with E-state index in [1.165, 1.54) is 41.9 Å². The first-order valence-electron chi connectivity index (χ1n) is 9.31. The van der Waals surface area contributed by atoms with Crippen LogP contribution in [-0.2, 0) is 23.2 Å².